The zero-order chi connectivity index (χ0) is 15.5. The number of carbonyl (C=O) groups excluding carboxylic acids is 2. The Bertz CT molecular complexity index is 522. The van der Waals surface area contributed by atoms with Gasteiger partial charge in [-0.1, -0.05) is 26.7 Å². The molecule has 2 N–H and O–H groups in total. The van der Waals surface area contributed by atoms with Crippen molar-refractivity contribution in [3.63, 3.8) is 0 Å². The molecular formula is C16H24N2O2S. The summed E-state index contributed by atoms with van der Waals surface area (Å²) in [6.07, 6.45) is 4.66. The first kappa shape index (κ1) is 16.0. The van der Waals surface area contributed by atoms with Gasteiger partial charge >= 0.3 is 0 Å². The van der Waals surface area contributed by atoms with Crippen LogP contribution in [0, 0.1) is 5.41 Å². The molecule has 21 heavy (non-hydrogen) atoms. The molecule has 1 heterocycles. The molecule has 0 saturated heterocycles. The lowest BCUT2D eigenvalue weighted by Crippen LogP contribution is -2.46. The van der Waals surface area contributed by atoms with Crippen LogP contribution in [0.3, 0.4) is 0 Å². The molecule has 116 valence electrons. The number of hydrogen-bond donors (Lipinski definition) is 2. The normalized spacial score (nSPS) is 20.8. The van der Waals surface area contributed by atoms with E-state index in [1.54, 1.807) is 0 Å². The summed E-state index contributed by atoms with van der Waals surface area (Å²) in [4.78, 5) is 25.0. The summed E-state index contributed by atoms with van der Waals surface area (Å²) in [5, 5.41) is 5.94. The van der Waals surface area contributed by atoms with Gasteiger partial charge in [-0.3, -0.25) is 9.59 Å². The monoisotopic (exact) mass is 308 g/mol. The van der Waals surface area contributed by atoms with Crippen LogP contribution in [0.2, 0.25) is 0 Å². The molecule has 1 atom stereocenters. The minimum absolute atomic E-state index is 0.00838. The SMILES string of the molecule is CC(=O)NCc1ccc(C(=O)NC2CCCCC2(C)C)s1. The predicted molar refractivity (Wildman–Crippen MR) is 85.3 cm³/mol. The lowest BCUT2D eigenvalue weighted by Gasteiger charge is -2.38. The number of rotatable bonds is 4. The molecule has 1 aliphatic rings. The summed E-state index contributed by atoms with van der Waals surface area (Å²) in [6, 6.07) is 3.99. The van der Waals surface area contributed by atoms with Crippen molar-refractivity contribution in [2.75, 3.05) is 0 Å². The Labute approximate surface area is 130 Å². The predicted octanol–water partition coefficient (Wildman–Crippen LogP) is 3.08. The Morgan fingerprint density at radius 1 is 1.33 bits per heavy atom. The second-order valence-corrected chi connectivity index (χ2v) is 7.60. The van der Waals surface area contributed by atoms with Crippen LogP contribution in [-0.4, -0.2) is 17.9 Å². The van der Waals surface area contributed by atoms with Gasteiger partial charge in [0.2, 0.25) is 5.91 Å². The van der Waals surface area contributed by atoms with E-state index in [1.807, 2.05) is 12.1 Å². The van der Waals surface area contributed by atoms with Gasteiger partial charge in [0.15, 0.2) is 0 Å². The lowest BCUT2D eigenvalue weighted by molar-refractivity contribution is -0.119. The van der Waals surface area contributed by atoms with Crippen LogP contribution in [0.15, 0.2) is 12.1 Å². The van der Waals surface area contributed by atoms with Gasteiger partial charge in [-0.15, -0.1) is 11.3 Å². The van der Waals surface area contributed by atoms with Crippen molar-refractivity contribution < 1.29 is 9.59 Å². The molecule has 2 amide bonds. The Kier molecular flexibility index (Phi) is 5.04. The largest absolute Gasteiger partial charge is 0.351 e. The maximum atomic E-state index is 12.4. The quantitative estimate of drug-likeness (QED) is 0.898. The number of hydrogen-bond acceptors (Lipinski definition) is 3. The van der Waals surface area contributed by atoms with E-state index in [0.717, 1.165) is 22.6 Å². The van der Waals surface area contributed by atoms with Crippen LogP contribution in [0.1, 0.15) is 61.0 Å². The Morgan fingerprint density at radius 2 is 2.10 bits per heavy atom. The maximum Gasteiger partial charge on any atom is 0.261 e. The van der Waals surface area contributed by atoms with Crippen molar-refractivity contribution in [3.8, 4) is 0 Å². The van der Waals surface area contributed by atoms with Crippen molar-refractivity contribution in [2.24, 2.45) is 5.41 Å². The zero-order valence-corrected chi connectivity index (χ0v) is 13.8. The summed E-state index contributed by atoms with van der Waals surface area (Å²) in [7, 11) is 0. The van der Waals surface area contributed by atoms with Crippen molar-refractivity contribution in [1.82, 2.24) is 10.6 Å². The van der Waals surface area contributed by atoms with Crippen LogP contribution in [0.4, 0.5) is 0 Å². The van der Waals surface area contributed by atoms with Gasteiger partial charge in [0.25, 0.3) is 5.91 Å². The average molecular weight is 308 g/mol. The summed E-state index contributed by atoms with van der Waals surface area (Å²) in [5.41, 5.74) is 0.171. The van der Waals surface area contributed by atoms with Gasteiger partial charge in [0.1, 0.15) is 0 Å². The minimum atomic E-state index is -0.0571. The fourth-order valence-electron chi connectivity index (χ4n) is 2.80. The highest BCUT2D eigenvalue weighted by molar-refractivity contribution is 7.14. The smallest absolute Gasteiger partial charge is 0.261 e. The van der Waals surface area contributed by atoms with Gasteiger partial charge in [0, 0.05) is 17.8 Å². The topological polar surface area (TPSA) is 58.2 Å². The van der Waals surface area contributed by atoms with Crippen LogP contribution >= 0.6 is 11.3 Å². The molecule has 0 aromatic carbocycles. The molecule has 5 heteroatoms. The Hall–Kier alpha value is -1.36. The van der Waals surface area contributed by atoms with Crippen molar-refractivity contribution in [3.05, 3.63) is 21.9 Å². The maximum absolute atomic E-state index is 12.4. The van der Waals surface area contributed by atoms with Gasteiger partial charge in [0.05, 0.1) is 11.4 Å². The first-order valence-electron chi connectivity index (χ1n) is 7.52. The molecule has 1 aromatic rings. The molecule has 1 unspecified atom stereocenters. The first-order valence-corrected chi connectivity index (χ1v) is 8.34. The van der Waals surface area contributed by atoms with E-state index in [-0.39, 0.29) is 23.3 Å². The third kappa shape index (κ3) is 4.30. The highest BCUT2D eigenvalue weighted by Gasteiger charge is 2.33. The number of thiophene rings is 1. The van der Waals surface area contributed by atoms with Crippen molar-refractivity contribution in [1.29, 1.82) is 0 Å². The fourth-order valence-corrected chi connectivity index (χ4v) is 3.65. The highest BCUT2D eigenvalue weighted by atomic mass is 32.1. The first-order chi connectivity index (χ1) is 9.88. The summed E-state index contributed by atoms with van der Waals surface area (Å²) in [6.45, 7) is 6.44. The van der Waals surface area contributed by atoms with E-state index in [0.29, 0.717) is 6.54 Å². The van der Waals surface area contributed by atoms with Gasteiger partial charge in [-0.2, -0.15) is 0 Å². The molecular weight excluding hydrogens is 284 g/mol. The molecule has 0 bridgehead atoms. The standard InChI is InChI=1S/C16H24N2O2S/c1-11(19)17-10-12-7-8-13(21-12)15(20)18-14-6-4-5-9-16(14,2)3/h7-8,14H,4-6,9-10H2,1-3H3,(H,17,19)(H,18,20). The number of carbonyl (C=O) groups is 2. The van der Waals surface area contributed by atoms with E-state index in [2.05, 4.69) is 24.5 Å². The molecule has 0 radical (unpaired) electrons. The molecule has 1 aromatic heterocycles. The molecule has 0 spiro atoms. The van der Waals surface area contributed by atoms with E-state index in [4.69, 9.17) is 0 Å². The third-order valence-corrected chi connectivity index (χ3v) is 5.29. The average Bonchev–Trinajstić information content (AvgIpc) is 2.87. The minimum Gasteiger partial charge on any atom is -0.351 e. The van der Waals surface area contributed by atoms with E-state index in [1.165, 1.54) is 31.1 Å². The second kappa shape index (κ2) is 6.60. The summed E-state index contributed by atoms with van der Waals surface area (Å²) in [5.74, 6) is -0.0487. The Morgan fingerprint density at radius 3 is 2.76 bits per heavy atom. The molecule has 1 fully saturated rings. The van der Waals surface area contributed by atoms with Crippen LogP contribution in [0.5, 0.6) is 0 Å². The highest BCUT2D eigenvalue weighted by Crippen LogP contribution is 2.35. The van der Waals surface area contributed by atoms with Crippen LogP contribution in [-0.2, 0) is 11.3 Å². The molecule has 1 aliphatic carbocycles. The van der Waals surface area contributed by atoms with Crippen molar-refractivity contribution >= 4 is 23.2 Å². The van der Waals surface area contributed by atoms with E-state index in [9.17, 15) is 9.59 Å². The van der Waals surface area contributed by atoms with Crippen molar-refractivity contribution in [2.45, 2.75) is 59.0 Å². The van der Waals surface area contributed by atoms with E-state index < -0.39 is 0 Å². The summed E-state index contributed by atoms with van der Waals surface area (Å²) >= 11 is 1.44. The fraction of sp³-hybridized carbons (Fsp3) is 0.625. The summed E-state index contributed by atoms with van der Waals surface area (Å²) < 4.78 is 0. The lowest BCUT2D eigenvalue weighted by atomic mass is 9.73. The van der Waals surface area contributed by atoms with E-state index >= 15 is 0 Å². The molecule has 2 rings (SSSR count). The van der Waals surface area contributed by atoms with Crippen LogP contribution in [0.25, 0.3) is 0 Å². The molecule has 1 saturated carbocycles. The number of amides is 2. The third-order valence-electron chi connectivity index (χ3n) is 4.21. The van der Waals surface area contributed by atoms with Gasteiger partial charge < -0.3 is 10.6 Å². The van der Waals surface area contributed by atoms with Gasteiger partial charge in [-0.05, 0) is 30.4 Å². The second-order valence-electron chi connectivity index (χ2n) is 6.44. The zero-order valence-electron chi connectivity index (χ0n) is 13.0. The van der Waals surface area contributed by atoms with Crippen LogP contribution < -0.4 is 10.6 Å². The Balaban J connectivity index is 1.95. The number of nitrogens with one attached hydrogen (secondary N) is 2. The molecule has 0 aliphatic heterocycles. The van der Waals surface area contributed by atoms with Gasteiger partial charge in [-0.25, -0.2) is 0 Å². The molecule has 4 nitrogen and oxygen atoms in total.